The van der Waals surface area contributed by atoms with Gasteiger partial charge in [-0.15, -0.1) is 0 Å². The zero-order valence-corrected chi connectivity index (χ0v) is 12.7. The summed E-state index contributed by atoms with van der Waals surface area (Å²) in [5.74, 6) is 1.79. The first kappa shape index (κ1) is 13.0. The Morgan fingerprint density at radius 1 is 1.41 bits per heavy atom. The molecule has 0 saturated heterocycles. The SMILES string of the molecule is Cc1ccc(Br)c(NC2=NC(C)C(C)CS2)c1. The lowest BCUT2D eigenvalue weighted by Crippen LogP contribution is -2.25. The molecule has 1 heterocycles. The summed E-state index contributed by atoms with van der Waals surface area (Å²) in [6.07, 6.45) is 0. The van der Waals surface area contributed by atoms with Crippen LogP contribution in [-0.2, 0) is 0 Å². The minimum atomic E-state index is 0.405. The molecule has 0 fully saturated rings. The van der Waals surface area contributed by atoms with Crippen LogP contribution in [0.25, 0.3) is 0 Å². The molecule has 1 aromatic carbocycles. The van der Waals surface area contributed by atoms with Gasteiger partial charge in [0.2, 0.25) is 0 Å². The molecule has 17 heavy (non-hydrogen) atoms. The number of anilines is 1. The van der Waals surface area contributed by atoms with Gasteiger partial charge in [0.15, 0.2) is 5.17 Å². The fraction of sp³-hybridized carbons (Fsp3) is 0.462. The van der Waals surface area contributed by atoms with Crippen LogP contribution in [0.4, 0.5) is 5.69 Å². The fourth-order valence-electron chi connectivity index (χ4n) is 1.62. The first-order valence-corrected chi connectivity index (χ1v) is 7.58. The van der Waals surface area contributed by atoms with E-state index >= 15 is 0 Å². The van der Waals surface area contributed by atoms with Crippen LogP contribution >= 0.6 is 27.7 Å². The number of aryl methyl sites for hydroxylation is 1. The largest absolute Gasteiger partial charge is 0.334 e. The van der Waals surface area contributed by atoms with Gasteiger partial charge in [-0.3, -0.25) is 4.99 Å². The Labute approximate surface area is 115 Å². The van der Waals surface area contributed by atoms with Gasteiger partial charge in [-0.05, 0) is 53.4 Å². The van der Waals surface area contributed by atoms with Gasteiger partial charge < -0.3 is 5.32 Å². The van der Waals surface area contributed by atoms with Crippen molar-refractivity contribution in [3.05, 3.63) is 28.2 Å². The summed E-state index contributed by atoms with van der Waals surface area (Å²) in [5.41, 5.74) is 2.34. The van der Waals surface area contributed by atoms with Crippen molar-refractivity contribution < 1.29 is 0 Å². The fourth-order valence-corrected chi connectivity index (χ4v) is 3.09. The lowest BCUT2D eigenvalue weighted by atomic mass is 10.1. The molecule has 0 aromatic heterocycles. The van der Waals surface area contributed by atoms with Crippen LogP contribution in [0, 0.1) is 12.8 Å². The van der Waals surface area contributed by atoms with Crippen molar-refractivity contribution in [3.63, 3.8) is 0 Å². The summed E-state index contributed by atoms with van der Waals surface area (Å²) in [6, 6.07) is 6.70. The number of thioether (sulfide) groups is 1. The Kier molecular flexibility index (Phi) is 4.15. The summed E-state index contributed by atoms with van der Waals surface area (Å²) in [6.45, 7) is 6.52. The van der Waals surface area contributed by atoms with Gasteiger partial charge in [-0.1, -0.05) is 24.8 Å². The first-order valence-electron chi connectivity index (χ1n) is 5.80. The first-order chi connectivity index (χ1) is 8.06. The Bertz CT molecular complexity index is 445. The van der Waals surface area contributed by atoms with Crippen molar-refractivity contribution in [1.82, 2.24) is 0 Å². The molecule has 92 valence electrons. The minimum absolute atomic E-state index is 0.405. The summed E-state index contributed by atoms with van der Waals surface area (Å²) in [4.78, 5) is 4.68. The van der Waals surface area contributed by atoms with Gasteiger partial charge in [0.1, 0.15) is 0 Å². The topological polar surface area (TPSA) is 24.4 Å². The van der Waals surface area contributed by atoms with Gasteiger partial charge in [0, 0.05) is 10.2 Å². The highest BCUT2D eigenvalue weighted by molar-refractivity contribution is 9.10. The van der Waals surface area contributed by atoms with Gasteiger partial charge in [0.25, 0.3) is 0 Å². The van der Waals surface area contributed by atoms with E-state index in [9.17, 15) is 0 Å². The molecule has 2 unspecified atom stereocenters. The highest BCUT2D eigenvalue weighted by atomic mass is 79.9. The van der Waals surface area contributed by atoms with E-state index in [-0.39, 0.29) is 0 Å². The third-order valence-corrected chi connectivity index (χ3v) is 4.86. The van der Waals surface area contributed by atoms with E-state index in [1.54, 1.807) is 11.8 Å². The third-order valence-electron chi connectivity index (χ3n) is 2.99. The van der Waals surface area contributed by atoms with Gasteiger partial charge in [-0.2, -0.15) is 0 Å². The highest BCUT2D eigenvalue weighted by Crippen LogP contribution is 2.28. The molecule has 1 aliphatic rings. The second-order valence-corrected chi connectivity index (χ2v) is 6.43. The molecule has 1 N–H and O–H groups in total. The number of aliphatic imine (C=N–C) groups is 1. The molecule has 0 amide bonds. The highest BCUT2D eigenvalue weighted by Gasteiger charge is 2.19. The molecule has 4 heteroatoms. The lowest BCUT2D eigenvalue weighted by molar-refractivity contribution is 0.537. The summed E-state index contributed by atoms with van der Waals surface area (Å²) in [7, 11) is 0. The Balaban J connectivity index is 2.16. The Morgan fingerprint density at radius 2 is 2.18 bits per heavy atom. The maximum atomic E-state index is 4.68. The molecule has 0 radical (unpaired) electrons. The normalized spacial score (nSPS) is 24.4. The van der Waals surface area contributed by atoms with E-state index < -0.39 is 0 Å². The number of amidine groups is 1. The Hall–Kier alpha value is -0.480. The summed E-state index contributed by atoms with van der Waals surface area (Å²) in [5, 5.41) is 4.44. The number of nitrogens with zero attached hydrogens (tertiary/aromatic N) is 1. The van der Waals surface area contributed by atoms with Crippen molar-refractivity contribution in [3.8, 4) is 0 Å². The van der Waals surface area contributed by atoms with Crippen molar-refractivity contribution in [2.75, 3.05) is 11.1 Å². The second kappa shape index (κ2) is 5.44. The molecule has 1 aliphatic heterocycles. The number of hydrogen-bond acceptors (Lipinski definition) is 3. The Morgan fingerprint density at radius 3 is 2.88 bits per heavy atom. The summed E-state index contributed by atoms with van der Waals surface area (Å²) < 4.78 is 1.08. The average molecular weight is 313 g/mol. The van der Waals surface area contributed by atoms with Gasteiger partial charge >= 0.3 is 0 Å². The third kappa shape index (κ3) is 3.26. The monoisotopic (exact) mass is 312 g/mol. The molecular weight excluding hydrogens is 296 g/mol. The zero-order valence-electron chi connectivity index (χ0n) is 10.3. The minimum Gasteiger partial charge on any atom is -0.334 e. The van der Waals surface area contributed by atoms with E-state index in [4.69, 9.17) is 0 Å². The molecule has 2 rings (SSSR count). The maximum Gasteiger partial charge on any atom is 0.161 e. The van der Waals surface area contributed by atoms with Crippen LogP contribution in [0.3, 0.4) is 0 Å². The molecule has 0 aliphatic carbocycles. The molecule has 1 aromatic rings. The van der Waals surface area contributed by atoms with Crippen molar-refractivity contribution in [2.24, 2.45) is 10.9 Å². The van der Waals surface area contributed by atoms with Crippen LogP contribution in [0.5, 0.6) is 0 Å². The lowest BCUT2D eigenvalue weighted by Gasteiger charge is -2.24. The average Bonchev–Trinajstić information content (AvgIpc) is 2.29. The van der Waals surface area contributed by atoms with E-state index in [0.717, 1.165) is 21.1 Å². The molecular formula is C13H17BrN2S. The van der Waals surface area contributed by atoms with Crippen LogP contribution in [0.2, 0.25) is 0 Å². The smallest absolute Gasteiger partial charge is 0.161 e. The molecule has 0 bridgehead atoms. The van der Waals surface area contributed by atoms with Gasteiger partial charge in [0.05, 0.1) is 11.7 Å². The number of rotatable bonds is 1. The van der Waals surface area contributed by atoms with Crippen molar-refractivity contribution in [2.45, 2.75) is 26.8 Å². The molecule has 0 saturated carbocycles. The van der Waals surface area contributed by atoms with Crippen molar-refractivity contribution in [1.29, 1.82) is 0 Å². The number of nitrogens with one attached hydrogen (secondary N) is 1. The maximum absolute atomic E-state index is 4.68. The predicted octanol–water partition coefficient (Wildman–Crippen LogP) is 4.30. The van der Waals surface area contributed by atoms with Gasteiger partial charge in [-0.25, -0.2) is 0 Å². The number of benzene rings is 1. The van der Waals surface area contributed by atoms with Crippen LogP contribution < -0.4 is 5.32 Å². The van der Waals surface area contributed by atoms with Crippen LogP contribution in [0.1, 0.15) is 19.4 Å². The second-order valence-electron chi connectivity index (χ2n) is 4.57. The molecule has 0 spiro atoms. The van der Waals surface area contributed by atoms with E-state index in [0.29, 0.717) is 12.0 Å². The zero-order chi connectivity index (χ0) is 12.4. The standard InChI is InChI=1S/C13H17BrN2S/c1-8-4-5-11(14)12(6-8)16-13-15-10(3)9(2)7-17-13/h4-6,9-10H,7H2,1-3H3,(H,15,16). The quantitative estimate of drug-likeness (QED) is 0.836. The van der Waals surface area contributed by atoms with Crippen molar-refractivity contribution >= 4 is 38.5 Å². The molecule has 2 nitrogen and oxygen atoms in total. The number of hydrogen-bond donors (Lipinski definition) is 1. The number of halogens is 1. The van der Waals surface area contributed by atoms with E-state index in [2.05, 4.69) is 65.2 Å². The predicted molar refractivity (Wildman–Crippen MR) is 81.0 cm³/mol. The van der Waals surface area contributed by atoms with E-state index in [1.165, 1.54) is 5.56 Å². The van der Waals surface area contributed by atoms with Crippen LogP contribution in [-0.4, -0.2) is 17.0 Å². The summed E-state index contributed by atoms with van der Waals surface area (Å²) >= 11 is 5.36. The van der Waals surface area contributed by atoms with E-state index in [1.807, 2.05) is 0 Å². The molecule has 2 atom stereocenters. The van der Waals surface area contributed by atoms with Crippen LogP contribution in [0.15, 0.2) is 27.7 Å².